The summed E-state index contributed by atoms with van der Waals surface area (Å²) in [6, 6.07) is 12.7. The van der Waals surface area contributed by atoms with E-state index >= 15 is 0 Å². The summed E-state index contributed by atoms with van der Waals surface area (Å²) in [6.07, 6.45) is 6.00. The Balaban J connectivity index is 1.86. The second kappa shape index (κ2) is 6.57. The number of aryl methyl sites for hydroxylation is 1. The van der Waals surface area contributed by atoms with E-state index in [2.05, 4.69) is 58.7 Å². The summed E-state index contributed by atoms with van der Waals surface area (Å²) in [5, 5.41) is 11.5. The average molecular weight is 318 g/mol. The van der Waals surface area contributed by atoms with Crippen LogP contribution in [0.4, 0.5) is 0 Å². The molecule has 24 heavy (non-hydrogen) atoms. The van der Waals surface area contributed by atoms with Gasteiger partial charge in [-0.15, -0.1) is 0 Å². The van der Waals surface area contributed by atoms with Crippen LogP contribution in [-0.4, -0.2) is 28.3 Å². The summed E-state index contributed by atoms with van der Waals surface area (Å²) < 4.78 is 0. The zero-order valence-corrected chi connectivity index (χ0v) is 13.9. The fourth-order valence-electron chi connectivity index (χ4n) is 3.57. The molecule has 1 aromatic carbocycles. The predicted molar refractivity (Wildman–Crippen MR) is 96.8 cm³/mol. The summed E-state index contributed by atoms with van der Waals surface area (Å²) in [5.74, 6) is 0.528. The van der Waals surface area contributed by atoms with Gasteiger partial charge in [-0.25, -0.2) is 0 Å². The van der Waals surface area contributed by atoms with Gasteiger partial charge in [0.05, 0.1) is 0 Å². The maximum Gasteiger partial charge on any atom is 0.100 e. The molecule has 0 radical (unpaired) electrons. The molecular formula is C20H22N4. The van der Waals surface area contributed by atoms with Crippen molar-refractivity contribution in [2.75, 3.05) is 13.1 Å². The summed E-state index contributed by atoms with van der Waals surface area (Å²) >= 11 is 0. The number of rotatable bonds is 3. The largest absolute Gasteiger partial charge is 0.317 e. The van der Waals surface area contributed by atoms with Crippen LogP contribution in [0.25, 0.3) is 22.4 Å². The minimum atomic E-state index is 0.528. The fourth-order valence-corrected chi connectivity index (χ4v) is 3.57. The first-order valence-corrected chi connectivity index (χ1v) is 8.59. The molecule has 2 N–H and O–H groups in total. The van der Waals surface area contributed by atoms with Crippen molar-refractivity contribution in [1.29, 1.82) is 0 Å². The monoisotopic (exact) mass is 318 g/mol. The normalized spacial score (nSPS) is 15.5. The Morgan fingerprint density at radius 2 is 1.79 bits per heavy atom. The molecule has 3 heterocycles. The van der Waals surface area contributed by atoms with E-state index in [4.69, 9.17) is 5.10 Å². The molecule has 0 aliphatic carbocycles. The van der Waals surface area contributed by atoms with Crippen LogP contribution in [0.1, 0.15) is 30.0 Å². The maximum absolute atomic E-state index is 4.71. The van der Waals surface area contributed by atoms with Crippen LogP contribution in [0.2, 0.25) is 0 Å². The van der Waals surface area contributed by atoms with E-state index < -0.39 is 0 Å². The topological polar surface area (TPSA) is 53.6 Å². The van der Waals surface area contributed by atoms with Gasteiger partial charge in [0.1, 0.15) is 5.69 Å². The first kappa shape index (κ1) is 15.1. The third kappa shape index (κ3) is 2.85. The Labute approximate surface area is 142 Å². The van der Waals surface area contributed by atoms with Crippen LogP contribution in [0.5, 0.6) is 0 Å². The highest BCUT2D eigenvalue weighted by Crippen LogP contribution is 2.38. The molecule has 1 aliphatic rings. The molecular weight excluding hydrogens is 296 g/mol. The van der Waals surface area contributed by atoms with Crippen molar-refractivity contribution in [1.82, 2.24) is 20.5 Å². The minimum Gasteiger partial charge on any atom is -0.317 e. The Morgan fingerprint density at radius 1 is 1.00 bits per heavy atom. The van der Waals surface area contributed by atoms with Crippen LogP contribution in [0.15, 0.2) is 48.8 Å². The van der Waals surface area contributed by atoms with Gasteiger partial charge in [-0.3, -0.25) is 10.1 Å². The van der Waals surface area contributed by atoms with Gasteiger partial charge in [-0.1, -0.05) is 23.8 Å². The van der Waals surface area contributed by atoms with Crippen molar-refractivity contribution in [3.05, 3.63) is 60.0 Å². The minimum absolute atomic E-state index is 0.528. The van der Waals surface area contributed by atoms with Gasteiger partial charge in [0.15, 0.2) is 0 Å². The molecule has 4 heteroatoms. The number of nitrogens with one attached hydrogen (secondary N) is 2. The molecule has 1 fully saturated rings. The first-order chi connectivity index (χ1) is 11.8. The molecule has 4 rings (SSSR count). The molecule has 1 saturated heterocycles. The predicted octanol–water partition coefficient (Wildman–Crippen LogP) is 3.91. The third-order valence-corrected chi connectivity index (χ3v) is 4.80. The van der Waals surface area contributed by atoms with E-state index in [1.165, 1.54) is 27.9 Å². The standard InChI is InChI=1S/C20H22N4/c1-14-3-2-4-17(13-14)20-18(15-5-9-21-10-6-15)19(23-24-20)16-7-11-22-12-8-16/h2-6,9-10,13,16,22H,7-8,11-12H2,1H3,(H,23,24). The molecule has 2 aromatic heterocycles. The van der Waals surface area contributed by atoms with Crippen LogP contribution < -0.4 is 5.32 Å². The number of hydrogen-bond donors (Lipinski definition) is 2. The van der Waals surface area contributed by atoms with Crippen molar-refractivity contribution in [3.8, 4) is 22.4 Å². The number of H-pyrrole nitrogens is 1. The number of pyridine rings is 1. The van der Waals surface area contributed by atoms with Crippen LogP contribution in [-0.2, 0) is 0 Å². The zero-order chi connectivity index (χ0) is 16.4. The first-order valence-electron chi connectivity index (χ1n) is 8.59. The molecule has 0 bridgehead atoms. The molecule has 1 aliphatic heterocycles. The number of benzene rings is 1. The van der Waals surface area contributed by atoms with Gasteiger partial charge in [0.25, 0.3) is 0 Å². The van der Waals surface area contributed by atoms with Crippen LogP contribution in [0, 0.1) is 6.92 Å². The lowest BCUT2D eigenvalue weighted by molar-refractivity contribution is 0.453. The van der Waals surface area contributed by atoms with Gasteiger partial charge in [0.2, 0.25) is 0 Å². The molecule has 0 amide bonds. The lowest BCUT2D eigenvalue weighted by Crippen LogP contribution is -2.27. The second-order valence-electron chi connectivity index (χ2n) is 6.49. The number of hydrogen-bond acceptors (Lipinski definition) is 3. The highest BCUT2D eigenvalue weighted by molar-refractivity contribution is 5.83. The summed E-state index contributed by atoms with van der Waals surface area (Å²) in [7, 11) is 0. The van der Waals surface area contributed by atoms with Gasteiger partial charge in [-0.05, 0) is 56.6 Å². The van der Waals surface area contributed by atoms with Gasteiger partial charge < -0.3 is 5.32 Å². The molecule has 0 saturated carbocycles. The van der Waals surface area contributed by atoms with E-state index in [0.29, 0.717) is 5.92 Å². The van der Waals surface area contributed by atoms with Crippen LogP contribution in [0.3, 0.4) is 0 Å². The highest BCUT2D eigenvalue weighted by Gasteiger charge is 2.24. The number of aromatic amines is 1. The molecule has 122 valence electrons. The Hall–Kier alpha value is -2.46. The molecule has 0 spiro atoms. The number of aromatic nitrogens is 3. The lowest BCUT2D eigenvalue weighted by Gasteiger charge is -2.22. The van der Waals surface area contributed by atoms with Gasteiger partial charge in [0, 0.05) is 35.1 Å². The van der Waals surface area contributed by atoms with Gasteiger partial charge in [-0.2, -0.15) is 5.10 Å². The Morgan fingerprint density at radius 3 is 2.54 bits per heavy atom. The highest BCUT2D eigenvalue weighted by atomic mass is 15.1. The van der Waals surface area contributed by atoms with Crippen molar-refractivity contribution in [2.45, 2.75) is 25.7 Å². The average Bonchev–Trinajstić information content (AvgIpc) is 3.08. The number of nitrogens with zero attached hydrogens (tertiary/aromatic N) is 2. The third-order valence-electron chi connectivity index (χ3n) is 4.80. The second-order valence-corrected chi connectivity index (χ2v) is 6.49. The molecule has 0 atom stereocenters. The quantitative estimate of drug-likeness (QED) is 0.770. The van der Waals surface area contributed by atoms with Crippen molar-refractivity contribution in [2.24, 2.45) is 0 Å². The zero-order valence-electron chi connectivity index (χ0n) is 13.9. The Bertz CT molecular complexity index is 817. The van der Waals surface area contributed by atoms with E-state index in [-0.39, 0.29) is 0 Å². The molecule has 4 nitrogen and oxygen atoms in total. The van der Waals surface area contributed by atoms with Crippen molar-refractivity contribution >= 4 is 0 Å². The van der Waals surface area contributed by atoms with E-state index in [9.17, 15) is 0 Å². The van der Waals surface area contributed by atoms with Crippen molar-refractivity contribution in [3.63, 3.8) is 0 Å². The van der Waals surface area contributed by atoms with Crippen molar-refractivity contribution < 1.29 is 0 Å². The summed E-state index contributed by atoms with van der Waals surface area (Å²) in [5.41, 5.74) is 7.13. The number of piperidine rings is 1. The fraction of sp³-hybridized carbons (Fsp3) is 0.300. The van der Waals surface area contributed by atoms with E-state index in [1.807, 2.05) is 12.4 Å². The van der Waals surface area contributed by atoms with Crippen LogP contribution >= 0.6 is 0 Å². The van der Waals surface area contributed by atoms with E-state index in [0.717, 1.165) is 31.6 Å². The lowest BCUT2D eigenvalue weighted by atomic mass is 9.88. The SMILES string of the molecule is Cc1cccc(-c2n[nH]c(C3CCNCC3)c2-c2ccncc2)c1. The molecule has 0 unspecified atom stereocenters. The summed E-state index contributed by atoms with van der Waals surface area (Å²) in [6.45, 7) is 4.26. The van der Waals surface area contributed by atoms with E-state index in [1.54, 1.807) is 0 Å². The summed E-state index contributed by atoms with van der Waals surface area (Å²) in [4.78, 5) is 4.17. The maximum atomic E-state index is 4.71. The smallest absolute Gasteiger partial charge is 0.100 e. The van der Waals surface area contributed by atoms with Gasteiger partial charge >= 0.3 is 0 Å². The molecule has 3 aromatic rings. The Kier molecular flexibility index (Phi) is 4.13.